The van der Waals surface area contributed by atoms with Crippen molar-refractivity contribution in [3.05, 3.63) is 77.9 Å². The number of carbonyl (C=O) groups excluding carboxylic acids is 2. The van der Waals surface area contributed by atoms with E-state index >= 15 is 0 Å². The Balaban J connectivity index is 1.64. The van der Waals surface area contributed by atoms with Gasteiger partial charge in [0.15, 0.2) is 5.78 Å². The van der Waals surface area contributed by atoms with E-state index in [4.69, 9.17) is 0 Å². The van der Waals surface area contributed by atoms with Gasteiger partial charge < -0.3 is 15.6 Å². The van der Waals surface area contributed by atoms with E-state index < -0.39 is 0 Å². The third-order valence-electron chi connectivity index (χ3n) is 5.41. The van der Waals surface area contributed by atoms with Crippen LogP contribution in [-0.4, -0.2) is 33.3 Å². The summed E-state index contributed by atoms with van der Waals surface area (Å²) in [5.74, 6) is -0.131. The third kappa shape index (κ3) is 4.37. The van der Waals surface area contributed by atoms with Crippen LogP contribution >= 0.6 is 0 Å². The molecule has 0 radical (unpaired) electrons. The number of hydrogen-bond acceptors (Lipinski definition) is 4. The summed E-state index contributed by atoms with van der Waals surface area (Å²) in [6, 6.07) is 10.8. The zero-order chi connectivity index (χ0) is 22.5. The van der Waals surface area contributed by atoms with Crippen LogP contribution in [0.2, 0.25) is 0 Å². The summed E-state index contributed by atoms with van der Waals surface area (Å²) in [5.41, 5.74) is 4.85. The lowest BCUT2D eigenvalue weighted by atomic mass is 9.97. The number of fused-ring (bicyclic) bond motifs is 1. The van der Waals surface area contributed by atoms with Gasteiger partial charge in [-0.3, -0.25) is 9.78 Å². The number of H-pyrrole nitrogens is 1. The van der Waals surface area contributed by atoms with E-state index in [-0.39, 0.29) is 11.8 Å². The van der Waals surface area contributed by atoms with Gasteiger partial charge >= 0.3 is 6.03 Å². The lowest BCUT2D eigenvalue weighted by Crippen LogP contribution is -2.29. The maximum atomic E-state index is 13.5. The Bertz CT molecular complexity index is 1260. The summed E-state index contributed by atoms with van der Waals surface area (Å²) in [7, 11) is 0. The van der Waals surface area contributed by atoms with Crippen molar-refractivity contribution in [1.29, 1.82) is 0 Å². The van der Waals surface area contributed by atoms with Crippen LogP contribution in [0.25, 0.3) is 22.2 Å². The minimum Gasteiger partial charge on any atom is -0.345 e. The molecule has 0 saturated heterocycles. The minimum absolute atomic E-state index is 0.131. The van der Waals surface area contributed by atoms with Crippen molar-refractivity contribution in [3.63, 3.8) is 0 Å². The van der Waals surface area contributed by atoms with Gasteiger partial charge in [0.1, 0.15) is 5.65 Å². The first kappa shape index (κ1) is 21.2. The van der Waals surface area contributed by atoms with E-state index in [1.54, 1.807) is 43.0 Å². The number of nitrogens with zero attached hydrogens (tertiary/aromatic N) is 2. The number of benzene rings is 1. The molecule has 3 aromatic heterocycles. The molecule has 7 nitrogen and oxygen atoms in total. The fourth-order valence-corrected chi connectivity index (χ4v) is 3.59. The maximum absolute atomic E-state index is 13.5. The molecule has 2 amide bonds. The van der Waals surface area contributed by atoms with E-state index in [0.29, 0.717) is 34.6 Å². The van der Waals surface area contributed by atoms with Gasteiger partial charge in [-0.05, 0) is 37.1 Å². The van der Waals surface area contributed by atoms with Crippen LogP contribution in [-0.2, 0) is 0 Å². The maximum Gasteiger partial charge on any atom is 0.319 e. The molecule has 4 rings (SSSR count). The van der Waals surface area contributed by atoms with Crippen molar-refractivity contribution >= 4 is 28.5 Å². The van der Waals surface area contributed by atoms with Crippen molar-refractivity contribution in [3.8, 4) is 11.1 Å². The summed E-state index contributed by atoms with van der Waals surface area (Å²) in [4.78, 5) is 37.3. The molecule has 1 aromatic carbocycles. The van der Waals surface area contributed by atoms with E-state index in [2.05, 4.69) is 32.5 Å². The van der Waals surface area contributed by atoms with Gasteiger partial charge in [0, 0.05) is 64.7 Å². The van der Waals surface area contributed by atoms with Crippen LogP contribution in [0.5, 0.6) is 0 Å². The number of aromatic amines is 1. The molecule has 0 aliphatic carbocycles. The summed E-state index contributed by atoms with van der Waals surface area (Å²) in [5, 5.41) is 6.42. The molecule has 0 saturated carbocycles. The summed E-state index contributed by atoms with van der Waals surface area (Å²) >= 11 is 0. The van der Waals surface area contributed by atoms with Crippen molar-refractivity contribution in [1.82, 2.24) is 20.3 Å². The molecule has 0 aliphatic rings. The lowest BCUT2D eigenvalue weighted by Gasteiger charge is -2.12. The number of urea groups is 1. The molecule has 162 valence electrons. The molecule has 0 atom stereocenters. The van der Waals surface area contributed by atoms with E-state index in [9.17, 15) is 9.59 Å². The van der Waals surface area contributed by atoms with Crippen LogP contribution in [0, 0.1) is 6.92 Å². The molecule has 3 heterocycles. The second-order valence-electron chi connectivity index (χ2n) is 7.61. The number of anilines is 1. The number of ketones is 1. The van der Waals surface area contributed by atoms with Gasteiger partial charge in [-0.1, -0.05) is 31.5 Å². The van der Waals surface area contributed by atoms with Gasteiger partial charge in [-0.2, -0.15) is 0 Å². The van der Waals surface area contributed by atoms with Crippen LogP contribution in [0.3, 0.4) is 0 Å². The van der Waals surface area contributed by atoms with E-state index in [1.807, 2.05) is 25.1 Å². The minimum atomic E-state index is -0.274. The molecule has 32 heavy (non-hydrogen) atoms. The second-order valence-corrected chi connectivity index (χ2v) is 7.61. The number of aromatic nitrogens is 3. The summed E-state index contributed by atoms with van der Waals surface area (Å²) in [6.45, 7) is 4.52. The first-order valence-electron chi connectivity index (χ1n) is 10.6. The number of pyridine rings is 2. The molecule has 0 unspecified atom stereocenters. The van der Waals surface area contributed by atoms with Gasteiger partial charge in [0.25, 0.3) is 0 Å². The van der Waals surface area contributed by atoms with Crippen molar-refractivity contribution in [2.45, 2.75) is 26.7 Å². The number of unbranched alkanes of at least 4 members (excludes halogenated alkanes) is 1. The van der Waals surface area contributed by atoms with E-state index in [0.717, 1.165) is 29.4 Å². The van der Waals surface area contributed by atoms with Crippen LogP contribution in [0.15, 0.2) is 61.2 Å². The smallest absolute Gasteiger partial charge is 0.319 e. The molecule has 0 aliphatic heterocycles. The molecule has 0 spiro atoms. The van der Waals surface area contributed by atoms with Crippen LogP contribution in [0.1, 0.15) is 41.3 Å². The highest BCUT2D eigenvalue weighted by Crippen LogP contribution is 2.28. The monoisotopic (exact) mass is 427 g/mol. The van der Waals surface area contributed by atoms with Gasteiger partial charge in [0.05, 0.1) is 0 Å². The van der Waals surface area contributed by atoms with Crippen molar-refractivity contribution < 1.29 is 9.59 Å². The first-order chi connectivity index (χ1) is 15.6. The molecular weight excluding hydrogens is 402 g/mol. The van der Waals surface area contributed by atoms with Gasteiger partial charge in [-0.25, -0.2) is 9.78 Å². The highest BCUT2D eigenvalue weighted by atomic mass is 16.2. The average Bonchev–Trinajstić information content (AvgIpc) is 3.24. The lowest BCUT2D eigenvalue weighted by molar-refractivity contribution is 0.103. The first-order valence-corrected chi connectivity index (χ1v) is 10.6. The number of amides is 2. The Morgan fingerprint density at radius 3 is 2.72 bits per heavy atom. The molecular formula is C25H25N5O2. The highest BCUT2D eigenvalue weighted by molar-refractivity contribution is 6.17. The quantitative estimate of drug-likeness (QED) is 0.283. The Kier molecular flexibility index (Phi) is 6.26. The molecule has 4 aromatic rings. The Hall–Kier alpha value is -4.00. The molecule has 0 bridgehead atoms. The predicted molar refractivity (Wildman–Crippen MR) is 126 cm³/mol. The Labute approximate surface area is 186 Å². The Morgan fingerprint density at radius 2 is 1.94 bits per heavy atom. The molecule has 0 fully saturated rings. The van der Waals surface area contributed by atoms with Gasteiger partial charge in [-0.15, -0.1) is 0 Å². The fourth-order valence-electron chi connectivity index (χ4n) is 3.59. The SMILES string of the molecule is CCCCNC(=O)Nc1cccc(C(=O)c2c[nH]c3ncc(-c4cccnc4)cc23)c1C. The van der Waals surface area contributed by atoms with Crippen LogP contribution in [0.4, 0.5) is 10.5 Å². The Morgan fingerprint density at radius 1 is 1.06 bits per heavy atom. The van der Waals surface area contributed by atoms with Crippen LogP contribution < -0.4 is 10.6 Å². The van der Waals surface area contributed by atoms with Crippen molar-refractivity contribution in [2.75, 3.05) is 11.9 Å². The average molecular weight is 428 g/mol. The van der Waals surface area contributed by atoms with Gasteiger partial charge in [0.2, 0.25) is 0 Å². The molecule has 3 N–H and O–H groups in total. The topological polar surface area (TPSA) is 99.8 Å². The zero-order valence-electron chi connectivity index (χ0n) is 18.1. The van der Waals surface area contributed by atoms with E-state index in [1.165, 1.54) is 0 Å². The third-order valence-corrected chi connectivity index (χ3v) is 5.41. The molecule has 7 heteroatoms. The standard InChI is InChI=1S/C25H25N5O2/c1-3-4-11-27-25(32)30-22-9-5-8-19(16(22)2)23(31)21-15-29-24-20(21)12-18(14-28-24)17-7-6-10-26-13-17/h5-10,12-15H,3-4,11H2,1-2H3,(H,28,29)(H2,27,30,32). The second kappa shape index (κ2) is 9.43. The number of rotatable bonds is 7. The number of carbonyl (C=O) groups is 2. The normalized spacial score (nSPS) is 10.8. The summed E-state index contributed by atoms with van der Waals surface area (Å²) < 4.78 is 0. The number of hydrogen-bond donors (Lipinski definition) is 3. The van der Waals surface area contributed by atoms with Crippen molar-refractivity contribution in [2.24, 2.45) is 0 Å². The fraction of sp³-hybridized carbons (Fsp3) is 0.200. The predicted octanol–water partition coefficient (Wildman–Crippen LogP) is 5.09. The zero-order valence-corrected chi connectivity index (χ0v) is 18.1. The highest BCUT2D eigenvalue weighted by Gasteiger charge is 2.19. The summed E-state index contributed by atoms with van der Waals surface area (Å²) in [6.07, 6.45) is 8.85. The number of nitrogens with one attached hydrogen (secondary N) is 3. The largest absolute Gasteiger partial charge is 0.345 e.